The second-order valence-electron chi connectivity index (χ2n) is 3.57. The minimum absolute atomic E-state index is 0.378. The quantitative estimate of drug-likeness (QED) is 0.448. The maximum atomic E-state index is 9.51. The Labute approximate surface area is 88.1 Å². The molecule has 1 rings (SSSR count). The van der Waals surface area contributed by atoms with Crippen molar-refractivity contribution >= 4 is 0 Å². The molecule has 0 unspecified atom stereocenters. The second-order valence-corrected chi connectivity index (χ2v) is 3.57. The van der Waals surface area contributed by atoms with Crippen molar-refractivity contribution in [3.05, 3.63) is 0 Å². The third-order valence-electron chi connectivity index (χ3n) is 2.33. The van der Waals surface area contributed by atoms with E-state index in [0.717, 1.165) is 6.42 Å². The molecule has 15 heavy (non-hydrogen) atoms. The number of rotatable bonds is 4. The van der Waals surface area contributed by atoms with Crippen LogP contribution < -0.4 is 0 Å². The van der Waals surface area contributed by atoms with E-state index in [0.29, 0.717) is 6.61 Å². The standard InChI is InChI=1S/C9H18O6/c1-2-3-14-9-8(13)7(12)6(11)5(4-10)15-9/h5-13H,2-4H2,1H3/t5-,6+,7+,8+,9+/m0/s1. The highest BCUT2D eigenvalue weighted by Crippen LogP contribution is 2.21. The van der Waals surface area contributed by atoms with Gasteiger partial charge in [-0.25, -0.2) is 0 Å². The molecule has 1 aliphatic heterocycles. The molecule has 1 saturated heterocycles. The molecule has 0 spiro atoms. The second kappa shape index (κ2) is 5.74. The lowest BCUT2D eigenvalue weighted by Gasteiger charge is -2.39. The lowest BCUT2D eigenvalue weighted by molar-refractivity contribution is -0.300. The van der Waals surface area contributed by atoms with Gasteiger partial charge in [-0.15, -0.1) is 0 Å². The van der Waals surface area contributed by atoms with Crippen molar-refractivity contribution in [2.45, 2.75) is 44.1 Å². The number of aliphatic hydroxyl groups excluding tert-OH is 4. The normalized spacial score (nSPS) is 41.8. The summed E-state index contributed by atoms with van der Waals surface area (Å²) in [5.41, 5.74) is 0. The Morgan fingerprint density at radius 3 is 2.33 bits per heavy atom. The van der Waals surface area contributed by atoms with Crippen LogP contribution in [0.3, 0.4) is 0 Å². The van der Waals surface area contributed by atoms with Crippen molar-refractivity contribution < 1.29 is 29.9 Å². The molecule has 6 heteroatoms. The van der Waals surface area contributed by atoms with Crippen LogP contribution in [0.1, 0.15) is 13.3 Å². The molecule has 90 valence electrons. The third-order valence-corrected chi connectivity index (χ3v) is 2.33. The summed E-state index contributed by atoms with van der Waals surface area (Å²) >= 11 is 0. The Bertz CT molecular complexity index is 185. The van der Waals surface area contributed by atoms with E-state index in [2.05, 4.69) is 0 Å². The fraction of sp³-hybridized carbons (Fsp3) is 1.00. The van der Waals surface area contributed by atoms with Gasteiger partial charge in [-0.3, -0.25) is 0 Å². The van der Waals surface area contributed by atoms with Gasteiger partial charge in [-0.05, 0) is 6.42 Å². The van der Waals surface area contributed by atoms with E-state index < -0.39 is 37.3 Å². The van der Waals surface area contributed by atoms with Crippen LogP contribution >= 0.6 is 0 Å². The molecule has 0 bridgehead atoms. The first kappa shape index (κ1) is 12.8. The van der Waals surface area contributed by atoms with E-state index in [4.69, 9.17) is 14.6 Å². The fourth-order valence-electron chi connectivity index (χ4n) is 1.44. The molecule has 0 aromatic carbocycles. The first-order valence-electron chi connectivity index (χ1n) is 5.04. The first-order chi connectivity index (χ1) is 7.11. The molecular weight excluding hydrogens is 204 g/mol. The van der Waals surface area contributed by atoms with E-state index in [1.54, 1.807) is 0 Å². The SMILES string of the molecule is CCCO[C@@H]1O[C@@H](CO)[C@@H](O)[C@@H](O)[C@H]1O. The average molecular weight is 222 g/mol. The van der Waals surface area contributed by atoms with E-state index in [1.807, 2.05) is 6.92 Å². The van der Waals surface area contributed by atoms with Gasteiger partial charge in [0.25, 0.3) is 0 Å². The van der Waals surface area contributed by atoms with Crippen molar-refractivity contribution in [1.29, 1.82) is 0 Å². The number of hydrogen-bond acceptors (Lipinski definition) is 6. The Morgan fingerprint density at radius 1 is 1.13 bits per heavy atom. The van der Waals surface area contributed by atoms with Crippen molar-refractivity contribution in [2.24, 2.45) is 0 Å². The highest BCUT2D eigenvalue weighted by Gasteiger charge is 2.43. The van der Waals surface area contributed by atoms with Crippen LogP contribution in [0.2, 0.25) is 0 Å². The van der Waals surface area contributed by atoms with E-state index in [1.165, 1.54) is 0 Å². The molecule has 0 aromatic heterocycles. The molecule has 0 aliphatic carbocycles. The van der Waals surface area contributed by atoms with Gasteiger partial charge in [-0.2, -0.15) is 0 Å². The molecule has 5 atom stereocenters. The van der Waals surface area contributed by atoms with Crippen molar-refractivity contribution in [1.82, 2.24) is 0 Å². The fourth-order valence-corrected chi connectivity index (χ4v) is 1.44. The van der Waals surface area contributed by atoms with Crippen LogP contribution in [0.4, 0.5) is 0 Å². The number of aliphatic hydroxyl groups is 4. The molecule has 0 aromatic rings. The molecular formula is C9H18O6. The van der Waals surface area contributed by atoms with Crippen molar-refractivity contribution in [3.63, 3.8) is 0 Å². The summed E-state index contributed by atoms with van der Waals surface area (Å²) < 4.78 is 10.2. The third kappa shape index (κ3) is 2.87. The summed E-state index contributed by atoms with van der Waals surface area (Å²) in [4.78, 5) is 0. The van der Waals surface area contributed by atoms with E-state index in [-0.39, 0.29) is 0 Å². The Kier molecular flexibility index (Phi) is 4.91. The molecule has 4 N–H and O–H groups in total. The maximum absolute atomic E-state index is 9.51. The molecule has 0 amide bonds. The minimum atomic E-state index is -1.36. The topological polar surface area (TPSA) is 99.4 Å². The van der Waals surface area contributed by atoms with Crippen LogP contribution in [-0.2, 0) is 9.47 Å². The van der Waals surface area contributed by atoms with Gasteiger partial charge in [0, 0.05) is 6.61 Å². The molecule has 0 saturated carbocycles. The smallest absolute Gasteiger partial charge is 0.186 e. The zero-order valence-electron chi connectivity index (χ0n) is 8.61. The van der Waals surface area contributed by atoms with Gasteiger partial charge in [-0.1, -0.05) is 6.92 Å². The monoisotopic (exact) mass is 222 g/mol. The van der Waals surface area contributed by atoms with Gasteiger partial charge in [0.1, 0.15) is 24.4 Å². The summed E-state index contributed by atoms with van der Waals surface area (Å²) in [6.45, 7) is 1.84. The Balaban J connectivity index is 2.57. The van der Waals surface area contributed by atoms with Crippen LogP contribution in [-0.4, -0.2) is 64.3 Å². The molecule has 1 fully saturated rings. The van der Waals surface area contributed by atoms with Gasteiger partial charge in [0.05, 0.1) is 6.61 Å². The van der Waals surface area contributed by atoms with Crippen LogP contribution in [0.5, 0.6) is 0 Å². The largest absolute Gasteiger partial charge is 0.394 e. The molecule has 0 radical (unpaired) electrons. The van der Waals surface area contributed by atoms with Crippen LogP contribution in [0, 0.1) is 0 Å². The summed E-state index contributed by atoms with van der Waals surface area (Å²) in [5, 5.41) is 37.2. The Hall–Kier alpha value is -0.240. The van der Waals surface area contributed by atoms with Gasteiger partial charge in [0.15, 0.2) is 6.29 Å². The number of hydrogen-bond donors (Lipinski definition) is 4. The molecule has 6 nitrogen and oxygen atoms in total. The minimum Gasteiger partial charge on any atom is -0.394 e. The van der Waals surface area contributed by atoms with E-state index >= 15 is 0 Å². The van der Waals surface area contributed by atoms with Gasteiger partial charge < -0.3 is 29.9 Å². The van der Waals surface area contributed by atoms with Crippen molar-refractivity contribution in [3.8, 4) is 0 Å². The predicted molar refractivity (Wildman–Crippen MR) is 50.0 cm³/mol. The number of ether oxygens (including phenoxy) is 2. The summed E-state index contributed by atoms with van der Waals surface area (Å²) in [7, 11) is 0. The van der Waals surface area contributed by atoms with E-state index in [9.17, 15) is 15.3 Å². The van der Waals surface area contributed by atoms with Crippen LogP contribution in [0.25, 0.3) is 0 Å². The lowest BCUT2D eigenvalue weighted by atomic mass is 9.99. The lowest BCUT2D eigenvalue weighted by Crippen LogP contribution is -2.59. The Morgan fingerprint density at radius 2 is 1.80 bits per heavy atom. The molecule has 1 aliphatic rings. The average Bonchev–Trinajstić information content (AvgIpc) is 2.25. The summed E-state index contributed by atoms with van der Waals surface area (Å²) in [6.07, 6.45) is -5.14. The predicted octanol–water partition coefficient (Wildman–Crippen LogP) is -1.79. The zero-order chi connectivity index (χ0) is 11.4. The van der Waals surface area contributed by atoms with Crippen molar-refractivity contribution in [2.75, 3.05) is 13.2 Å². The highest BCUT2D eigenvalue weighted by molar-refractivity contribution is 4.88. The van der Waals surface area contributed by atoms with Gasteiger partial charge in [0.2, 0.25) is 0 Å². The molecule has 1 heterocycles. The summed E-state index contributed by atoms with van der Waals surface area (Å²) in [5.74, 6) is 0. The first-order valence-corrected chi connectivity index (χ1v) is 5.04. The van der Waals surface area contributed by atoms with Crippen LogP contribution in [0.15, 0.2) is 0 Å². The van der Waals surface area contributed by atoms with Gasteiger partial charge >= 0.3 is 0 Å². The highest BCUT2D eigenvalue weighted by atomic mass is 16.7. The summed E-state index contributed by atoms with van der Waals surface area (Å²) in [6, 6.07) is 0. The maximum Gasteiger partial charge on any atom is 0.186 e. The zero-order valence-corrected chi connectivity index (χ0v) is 8.61.